The lowest BCUT2D eigenvalue weighted by atomic mass is 10.1. The average molecular weight is 274 g/mol. The first-order chi connectivity index (χ1) is 7.59. The molecule has 0 atom stereocenters. The quantitative estimate of drug-likeness (QED) is 0.842. The number of rotatable bonds is 1. The average Bonchev–Trinajstić information content (AvgIpc) is 2.26. The normalized spacial score (nSPS) is 10.4. The summed E-state index contributed by atoms with van der Waals surface area (Å²) in [7, 11) is 0. The Hall–Kier alpha value is -0.960. The highest BCUT2D eigenvalue weighted by Crippen LogP contribution is 2.36. The second-order valence-corrected chi connectivity index (χ2v) is 4.41. The van der Waals surface area contributed by atoms with Crippen LogP contribution in [0, 0.1) is 0 Å². The molecule has 2 N–H and O–H groups in total. The Morgan fingerprint density at radius 3 is 2.56 bits per heavy atom. The van der Waals surface area contributed by atoms with Crippen molar-refractivity contribution in [2.75, 3.05) is 5.73 Å². The van der Waals surface area contributed by atoms with E-state index >= 15 is 0 Å². The number of hydrogen-bond donors (Lipinski definition) is 1. The van der Waals surface area contributed by atoms with Crippen LogP contribution in [0.2, 0.25) is 15.1 Å². The van der Waals surface area contributed by atoms with E-state index in [-0.39, 0.29) is 0 Å². The van der Waals surface area contributed by atoms with Crippen molar-refractivity contribution in [3.63, 3.8) is 0 Å². The molecule has 0 unspecified atom stereocenters. The number of halogens is 3. The fourth-order valence-electron chi connectivity index (χ4n) is 1.38. The van der Waals surface area contributed by atoms with Crippen molar-refractivity contribution in [1.29, 1.82) is 0 Å². The van der Waals surface area contributed by atoms with Gasteiger partial charge in [0, 0.05) is 17.3 Å². The second-order valence-electron chi connectivity index (χ2n) is 3.19. The van der Waals surface area contributed by atoms with Crippen LogP contribution < -0.4 is 5.73 Å². The highest BCUT2D eigenvalue weighted by atomic mass is 35.5. The Balaban J connectivity index is 2.67. The van der Waals surface area contributed by atoms with Crippen molar-refractivity contribution in [2.45, 2.75) is 0 Å². The van der Waals surface area contributed by atoms with Crippen molar-refractivity contribution in [1.82, 2.24) is 4.98 Å². The minimum atomic E-state index is 0.369. The number of benzene rings is 1. The van der Waals surface area contributed by atoms with Gasteiger partial charge in [0.1, 0.15) is 5.82 Å². The van der Waals surface area contributed by atoms with E-state index in [1.165, 1.54) is 6.20 Å². The molecule has 5 heteroatoms. The van der Waals surface area contributed by atoms with Gasteiger partial charge < -0.3 is 5.73 Å². The highest BCUT2D eigenvalue weighted by molar-refractivity contribution is 6.43. The van der Waals surface area contributed by atoms with Crippen molar-refractivity contribution >= 4 is 40.6 Å². The van der Waals surface area contributed by atoms with Gasteiger partial charge >= 0.3 is 0 Å². The third kappa shape index (κ3) is 2.09. The third-order valence-corrected chi connectivity index (χ3v) is 3.15. The van der Waals surface area contributed by atoms with Gasteiger partial charge in [0.25, 0.3) is 0 Å². The van der Waals surface area contributed by atoms with Crippen molar-refractivity contribution in [2.24, 2.45) is 0 Å². The molecule has 1 aromatic heterocycles. The van der Waals surface area contributed by atoms with Crippen molar-refractivity contribution in [3.05, 3.63) is 45.5 Å². The predicted molar refractivity (Wildman–Crippen MR) is 69.1 cm³/mol. The van der Waals surface area contributed by atoms with Crippen LogP contribution in [0.1, 0.15) is 0 Å². The van der Waals surface area contributed by atoms with Gasteiger partial charge in [-0.05, 0) is 12.1 Å². The molecule has 0 aliphatic carbocycles. The monoisotopic (exact) mass is 272 g/mol. The fourth-order valence-corrected chi connectivity index (χ4v) is 1.94. The maximum absolute atomic E-state index is 6.09. The van der Waals surface area contributed by atoms with Crippen LogP contribution in [0.15, 0.2) is 30.5 Å². The summed E-state index contributed by atoms with van der Waals surface area (Å²) in [6.07, 6.45) is 1.48. The molecule has 0 bridgehead atoms. The van der Waals surface area contributed by atoms with Gasteiger partial charge in [-0.2, -0.15) is 0 Å². The van der Waals surface area contributed by atoms with E-state index in [0.717, 1.165) is 5.56 Å². The Morgan fingerprint density at radius 2 is 1.81 bits per heavy atom. The molecule has 0 radical (unpaired) electrons. The molecule has 1 heterocycles. The molecule has 0 aliphatic rings. The smallest absolute Gasteiger partial charge is 0.131 e. The standard InChI is InChI=1S/C11H7Cl3N2/c12-6-4-8(11(15)16-5-6)7-2-1-3-9(13)10(7)14/h1-5H,(H2,15,16). The summed E-state index contributed by atoms with van der Waals surface area (Å²) in [4.78, 5) is 3.97. The summed E-state index contributed by atoms with van der Waals surface area (Å²) in [5.74, 6) is 0.369. The predicted octanol–water partition coefficient (Wildman–Crippen LogP) is 4.29. The zero-order valence-electron chi connectivity index (χ0n) is 8.05. The molecule has 2 nitrogen and oxygen atoms in total. The number of nitrogen functional groups attached to an aromatic ring is 1. The molecule has 0 aliphatic heterocycles. The van der Waals surface area contributed by atoms with Gasteiger partial charge in [-0.1, -0.05) is 46.9 Å². The van der Waals surface area contributed by atoms with E-state index in [1.807, 2.05) is 6.07 Å². The first-order valence-electron chi connectivity index (χ1n) is 4.45. The van der Waals surface area contributed by atoms with Crippen LogP contribution in [-0.2, 0) is 0 Å². The Morgan fingerprint density at radius 1 is 1.06 bits per heavy atom. The molecule has 2 aromatic rings. The van der Waals surface area contributed by atoms with Crippen LogP contribution in [0.25, 0.3) is 11.1 Å². The molecule has 0 saturated heterocycles. The SMILES string of the molecule is Nc1ncc(Cl)cc1-c1cccc(Cl)c1Cl. The number of nitrogens with two attached hydrogens (primary N) is 1. The van der Waals surface area contributed by atoms with Gasteiger partial charge in [0.2, 0.25) is 0 Å². The van der Waals surface area contributed by atoms with Gasteiger partial charge in [-0.25, -0.2) is 4.98 Å². The van der Waals surface area contributed by atoms with Crippen LogP contribution in [0.3, 0.4) is 0 Å². The molecule has 1 aromatic carbocycles. The van der Waals surface area contributed by atoms with E-state index < -0.39 is 0 Å². The molecule has 0 spiro atoms. The molecular formula is C11H7Cl3N2. The van der Waals surface area contributed by atoms with E-state index in [2.05, 4.69) is 4.98 Å². The van der Waals surface area contributed by atoms with Gasteiger partial charge in [0.15, 0.2) is 0 Å². The molecule has 2 rings (SSSR count). The van der Waals surface area contributed by atoms with E-state index in [4.69, 9.17) is 40.5 Å². The Labute approximate surface area is 108 Å². The lowest BCUT2D eigenvalue weighted by Gasteiger charge is -2.08. The Bertz CT molecular complexity index is 541. The molecule has 16 heavy (non-hydrogen) atoms. The van der Waals surface area contributed by atoms with Crippen molar-refractivity contribution < 1.29 is 0 Å². The molecular weight excluding hydrogens is 266 g/mol. The summed E-state index contributed by atoms with van der Waals surface area (Å²) in [6.45, 7) is 0. The number of pyridine rings is 1. The number of hydrogen-bond acceptors (Lipinski definition) is 2. The minimum absolute atomic E-state index is 0.369. The number of nitrogens with zero attached hydrogens (tertiary/aromatic N) is 1. The summed E-state index contributed by atoms with van der Waals surface area (Å²) < 4.78 is 0. The number of aromatic nitrogens is 1. The first-order valence-corrected chi connectivity index (χ1v) is 5.58. The lowest BCUT2D eigenvalue weighted by Crippen LogP contribution is -1.94. The van der Waals surface area contributed by atoms with Crippen LogP contribution in [-0.4, -0.2) is 4.98 Å². The van der Waals surface area contributed by atoms with Crippen LogP contribution >= 0.6 is 34.8 Å². The molecule has 0 amide bonds. The van der Waals surface area contributed by atoms with Gasteiger partial charge in [-0.15, -0.1) is 0 Å². The van der Waals surface area contributed by atoms with Gasteiger partial charge in [0.05, 0.1) is 15.1 Å². The maximum atomic E-state index is 6.09. The molecule has 0 saturated carbocycles. The summed E-state index contributed by atoms with van der Waals surface area (Å²) in [5, 5.41) is 1.42. The first kappa shape index (κ1) is 11.5. The van der Waals surface area contributed by atoms with Crippen LogP contribution in [0.4, 0.5) is 5.82 Å². The summed E-state index contributed by atoms with van der Waals surface area (Å²) >= 11 is 17.9. The molecule has 82 valence electrons. The largest absolute Gasteiger partial charge is 0.383 e. The second kappa shape index (κ2) is 4.50. The fraction of sp³-hybridized carbons (Fsp3) is 0. The van der Waals surface area contributed by atoms with E-state index in [0.29, 0.717) is 26.4 Å². The third-order valence-electron chi connectivity index (χ3n) is 2.13. The van der Waals surface area contributed by atoms with Crippen LogP contribution in [0.5, 0.6) is 0 Å². The topological polar surface area (TPSA) is 38.9 Å². The summed E-state index contributed by atoms with van der Waals surface area (Å²) in [5.41, 5.74) is 7.17. The summed E-state index contributed by atoms with van der Waals surface area (Å²) in [6, 6.07) is 7.03. The number of anilines is 1. The zero-order chi connectivity index (χ0) is 11.7. The lowest BCUT2D eigenvalue weighted by molar-refractivity contribution is 1.34. The van der Waals surface area contributed by atoms with E-state index in [9.17, 15) is 0 Å². The Kier molecular flexibility index (Phi) is 3.24. The highest BCUT2D eigenvalue weighted by Gasteiger charge is 2.10. The zero-order valence-corrected chi connectivity index (χ0v) is 10.3. The maximum Gasteiger partial charge on any atom is 0.131 e. The van der Waals surface area contributed by atoms with E-state index in [1.54, 1.807) is 18.2 Å². The van der Waals surface area contributed by atoms with Crippen molar-refractivity contribution in [3.8, 4) is 11.1 Å². The molecule has 0 fully saturated rings. The minimum Gasteiger partial charge on any atom is -0.383 e. The van der Waals surface area contributed by atoms with Gasteiger partial charge in [-0.3, -0.25) is 0 Å².